The number of thiazole rings is 1. The molecular weight excluding hydrogens is 294 g/mol. The maximum Gasteiger partial charge on any atom is 0.253 e. The highest BCUT2D eigenvalue weighted by atomic mass is 35.5. The number of pyridine rings is 1. The molecule has 0 radical (unpaired) electrons. The number of carbonyl (C=O) groups excluding carboxylic acids is 1. The molecule has 0 aromatic carbocycles. The van der Waals surface area contributed by atoms with Crippen molar-refractivity contribution >= 4 is 28.8 Å². The van der Waals surface area contributed by atoms with Crippen LogP contribution < -0.4 is 5.32 Å². The Morgan fingerprint density at radius 1 is 1.50 bits per heavy atom. The van der Waals surface area contributed by atoms with Gasteiger partial charge in [0.15, 0.2) is 0 Å². The topological polar surface area (TPSA) is 54.9 Å². The second-order valence-electron chi connectivity index (χ2n) is 4.48. The Labute approximate surface area is 127 Å². The second kappa shape index (κ2) is 6.33. The van der Waals surface area contributed by atoms with E-state index < -0.39 is 0 Å². The lowest BCUT2D eigenvalue weighted by molar-refractivity contribution is 0.0935. The molecule has 1 unspecified atom stereocenters. The van der Waals surface area contributed by atoms with Crippen LogP contribution in [0.2, 0.25) is 5.02 Å². The molecule has 0 saturated carbocycles. The van der Waals surface area contributed by atoms with Gasteiger partial charge in [-0.1, -0.05) is 18.5 Å². The number of amides is 1. The summed E-state index contributed by atoms with van der Waals surface area (Å²) in [5, 5.41) is 4.26. The highest BCUT2D eigenvalue weighted by Crippen LogP contribution is 2.25. The van der Waals surface area contributed by atoms with Crippen LogP contribution >= 0.6 is 22.9 Å². The minimum atomic E-state index is -0.199. The van der Waals surface area contributed by atoms with Crippen LogP contribution in [0.25, 0.3) is 0 Å². The van der Waals surface area contributed by atoms with Crippen LogP contribution in [0.4, 0.5) is 0 Å². The highest BCUT2D eigenvalue weighted by molar-refractivity contribution is 7.11. The predicted octanol–water partition coefficient (Wildman–Crippen LogP) is 3.69. The molecule has 2 rings (SSSR count). The third kappa shape index (κ3) is 3.16. The molecule has 2 heterocycles. The van der Waals surface area contributed by atoms with E-state index in [9.17, 15) is 4.79 Å². The van der Waals surface area contributed by atoms with Crippen molar-refractivity contribution in [3.05, 3.63) is 44.6 Å². The molecule has 1 atom stereocenters. The molecule has 6 heteroatoms. The number of aromatic nitrogens is 2. The zero-order valence-corrected chi connectivity index (χ0v) is 13.2. The largest absolute Gasteiger partial charge is 0.343 e. The predicted molar refractivity (Wildman–Crippen MR) is 81.3 cm³/mol. The first-order valence-corrected chi connectivity index (χ1v) is 7.56. The second-order valence-corrected chi connectivity index (χ2v) is 6.13. The Balaban J connectivity index is 2.18. The number of aryl methyl sites for hydroxylation is 2. The van der Waals surface area contributed by atoms with Crippen LogP contribution in [0.1, 0.15) is 45.3 Å². The fourth-order valence-corrected chi connectivity index (χ4v) is 3.04. The standard InChI is InChI=1S/C14H16ClN3OS/c1-4-12(14-17-8(2)9(3)20-14)18-13(19)10-5-6-16-7-11(10)15/h5-7,12H,4H2,1-3H3,(H,18,19). The van der Waals surface area contributed by atoms with E-state index in [-0.39, 0.29) is 11.9 Å². The van der Waals surface area contributed by atoms with Gasteiger partial charge in [0.05, 0.1) is 22.3 Å². The smallest absolute Gasteiger partial charge is 0.253 e. The van der Waals surface area contributed by atoms with Crippen molar-refractivity contribution in [2.24, 2.45) is 0 Å². The lowest BCUT2D eigenvalue weighted by Crippen LogP contribution is -2.28. The first-order chi connectivity index (χ1) is 9.52. The van der Waals surface area contributed by atoms with Crippen molar-refractivity contribution in [1.29, 1.82) is 0 Å². The van der Waals surface area contributed by atoms with E-state index >= 15 is 0 Å². The molecule has 20 heavy (non-hydrogen) atoms. The molecule has 0 saturated heterocycles. The number of rotatable bonds is 4. The molecule has 2 aromatic heterocycles. The minimum Gasteiger partial charge on any atom is -0.343 e. The quantitative estimate of drug-likeness (QED) is 0.937. The first kappa shape index (κ1) is 14.9. The van der Waals surface area contributed by atoms with Gasteiger partial charge in [-0.05, 0) is 26.3 Å². The molecule has 2 aromatic rings. The van der Waals surface area contributed by atoms with Gasteiger partial charge in [-0.15, -0.1) is 11.3 Å². The van der Waals surface area contributed by atoms with E-state index in [2.05, 4.69) is 15.3 Å². The summed E-state index contributed by atoms with van der Waals surface area (Å²) in [7, 11) is 0. The van der Waals surface area contributed by atoms with Crippen molar-refractivity contribution < 1.29 is 4.79 Å². The van der Waals surface area contributed by atoms with Gasteiger partial charge in [-0.3, -0.25) is 9.78 Å². The Bertz CT molecular complexity index is 607. The van der Waals surface area contributed by atoms with Crippen LogP contribution in [0.15, 0.2) is 18.5 Å². The molecule has 1 amide bonds. The van der Waals surface area contributed by atoms with Gasteiger partial charge in [0.1, 0.15) is 5.01 Å². The normalized spacial score (nSPS) is 12.2. The van der Waals surface area contributed by atoms with Gasteiger partial charge in [0.25, 0.3) is 5.91 Å². The number of carbonyl (C=O) groups is 1. The molecule has 0 fully saturated rings. The van der Waals surface area contributed by atoms with Crippen molar-refractivity contribution in [2.75, 3.05) is 0 Å². The van der Waals surface area contributed by atoms with Crippen molar-refractivity contribution in [2.45, 2.75) is 33.2 Å². The van der Waals surface area contributed by atoms with Gasteiger partial charge < -0.3 is 5.32 Å². The van der Waals surface area contributed by atoms with E-state index in [0.29, 0.717) is 10.6 Å². The van der Waals surface area contributed by atoms with Gasteiger partial charge in [-0.2, -0.15) is 0 Å². The van der Waals surface area contributed by atoms with Gasteiger partial charge in [0, 0.05) is 17.3 Å². The third-order valence-electron chi connectivity index (χ3n) is 3.07. The number of hydrogen-bond donors (Lipinski definition) is 1. The number of hydrogen-bond acceptors (Lipinski definition) is 4. The zero-order chi connectivity index (χ0) is 14.7. The maximum absolute atomic E-state index is 12.3. The van der Waals surface area contributed by atoms with Crippen LogP contribution in [-0.4, -0.2) is 15.9 Å². The summed E-state index contributed by atoms with van der Waals surface area (Å²) in [6.45, 7) is 6.03. The molecular formula is C14H16ClN3OS. The van der Waals surface area contributed by atoms with Crippen molar-refractivity contribution in [3.63, 3.8) is 0 Å². The average molecular weight is 310 g/mol. The van der Waals surface area contributed by atoms with Crippen molar-refractivity contribution in [3.8, 4) is 0 Å². The summed E-state index contributed by atoms with van der Waals surface area (Å²) < 4.78 is 0. The Morgan fingerprint density at radius 3 is 2.80 bits per heavy atom. The third-order valence-corrected chi connectivity index (χ3v) is 4.56. The van der Waals surface area contributed by atoms with Crippen LogP contribution in [-0.2, 0) is 0 Å². The number of nitrogens with one attached hydrogen (secondary N) is 1. The van der Waals surface area contributed by atoms with E-state index in [1.54, 1.807) is 23.6 Å². The average Bonchev–Trinajstić information content (AvgIpc) is 2.76. The zero-order valence-electron chi connectivity index (χ0n) is 11.6. The molecule has 0 bridgehead atoms. The summed E-state index contributed by atoms with van der Waals surface area (Å²) in [4.78, 5) is 21.8. The summed E-state index contributed by atoms with van der Waals surface area (Å²) in [6, 6.07) is 1.52. The molecule has 0 aliphatic carbocycles. The maximum atomic E-state index is 12.3. The minimum absolute atomic E-state index is 0.0934. The van der Waals surface area contributed by atoms with Gasteiger partial charge in [-0.25, -0.2) is 4.98 Å². The molecule has 1 N–H and O–H groups in total. The lowest BCUT2D eigenvalue weighted by atomic mass is 10.2. The van der Waals surface area contributed by atoms with Crippen LogP contribution in [0.3, 0.4) is 0 Å². The van der Waals surface area contributed by atoms with E-state index in [0.717, 1.165) is 17.1 Å². The highest BCUT2D eigenvalue weighted by Gasteiger charge is 2.19. The van der Waals surface area contributed by atoms with Gasteiger partial charge >= 0.3 is 0 Å². The molecule has 106 valence electrons. The number of nitrogens with zero attached hydrogens (tertiary/aromatic N) is 2. The summed E-state index contributed by atoms with van der Waals surface area (Å²) in [6.07, 6.45) is 3.80. The van der Waals surface area contributed by atoms with Crippen LogP contribution in [0, 0.1) is 13.8 Å². The number of halogens is 1. The fourth-order valence-electron chi connectivity index (χ4n) is 1.78. The van der Waals surface area contributed by atoms with Crippen molar-refractivity contribution in [1.82, 2.24) is 15.3 Å². The lowest BCUT2D eigenvalue weighted by Gasteiger charge is -2.14. The van der Waals surface area contributed by atoms with Gasteiger partial charge in [0.2, 0.25) is 0 Å². The summed E-state index contributed by atoms with van der Waals surface area (Å²) >= 11 is 7.60. The van der Waals surface area contributed by atoms with E-state index in [1.807, 2.05) is 20.8 Å². The fraction of sp³-hybridized carbons (Fsp3) is 0.357. The summed E-state index contributed by atoms with van der Waals surface area (Å²) in [5.74, 6) is -0.199. The molecule has 4 nitrogen and oxygen atoms in total. The molecule has 0 spiro atoms. The van der Waals surface area contributed by atoms with Crippen LogP contribution in [0.5, 0.6) is 0 Å². The SMILES string of the molecule is CCC(NC(=O)c1ccncc1Cl)c1nc(C)c(C)s1. The molecule has 0 aliphatic heterocycles. The van der Waals surface area contributed by atoms with E-state index in [1.165, 1.54) is 11.1 Å². The molecule has 0 aliphatic rings. The Kier molecular flexibility index (Phi) is 4.73. The Hall–Kier alpha value is -1.46. The summed E-state index contributed by atoms with van der Waals surface area (Å²) in [5.41, 5.74) is 1.45. The van der Waals surface area contributed by atoms with E-state index in [4.69, 9.17) is 11.6 Å². The monoisotopic (exact) mass is 309 g/mol. The first-order valence-electron chi connectivity index (χ1n) is 6.37. The Morgan fingerprint density at radius 2 is 2.25 bits per heavy atom.